The first-order valence-corrected chi connectivity index (χ1v) is 13.9. The highest BCUT2D eigenvalue weighted by molar-refractivity contribution is 7.13. The number of fused-ring (bicyclic) bond motifs is 1. The molecule has 4 aromatic rings. The zero-order valence-electron chi connectivity index (χ0n) is 22.7. The van der Waals surface area contributed by atoms with Gasteiger partial charge in [-0.1, -0.05) is 32.0 Å². The Hall–Kier alpha value is -4.31. The van der Waals surface area contributed by atoms with E-state index in [0.29, 0.717) is 58.0 Å². The number of carbonyl (C=O) groups is 2. The van der Waals surface area contributed by atoms with Crippen molar-refractivity contribution < 1.29 is 33.3 Å². The number of furan rings is 1. The van der Waals surface area contributed by atoms with Gasteiger partial charge >= 0.3 is 0 Å². The van der Waals surface area contributed by atoms with Gasteiger partial charge in [0, 0.05) is 17.0 Å². The summed E-state index contributed by atoms with van der Waals surface area (Å²) in [7, 11) is 1.51. The molecule has 5 rings (SSSR count). The third-order valence-corrected chi connectivity index (χ3v) is 7.34. The van der Waals surface area contributed by atoms with Crippen LogP contribution >= 0.6 is 11.3 Å². The SMILES string of the molecule is CCOc1cc(C2C(C(=O)c3cc4cccc(OC)c4o3)=C(O)C(=O)N2c2nccs2)ccc1OCCC(C)C. The summed E-state index contributed by atoms with van der Waals surface area (Å²) in [4.78, 5) is 33.0. The second kappa shape index (κ2) is 11.4. The highest BCUT2D eigenvalue weighted by Gasteiger charge is 2.46. The molecule has 10 heteroatoms. The number of rotatable bonds is 11. The molecule has 0 bridgehead atoms. The first-order chi connectivity index (χ1) is 19.3. The van der Waals surface area contributed by atoms with Gasteiger partial charge in [-0.25, -0.2) is 4.98 Å². The number of aliphatic hydroxyl groups excluding tert-OH is 1. The maximum absolute atomic E-state index is 13.9. The lowest BCUT2D eigenvalue weighted by molar-refractivity contribution is -0.117. The summed E-state index contributed by atoms with van der Waals surface area (Å²) in [6.45, 7) is 7.01. The van der Waals surface area contributed by atoms with Crippen LogP contribution in [0.5, 0.6) is 17.2 Å². The van der Waals surface area contributed by atoms with Crippen molar-refractivity contribution >= 4 is 39.1 Å². The second-order valence-electron chi connectivity index (χ2n) is 9.64. The average molecular weight is 563 g/mol. The Morgan fingerprint density at radius 2 is 1.98 bits per heavy atom. The van der Waals surface area contributed by atoms with E-state index in [4.69, 9.17) is 18.6 Å². The minimum atomic E-state index is -0.981. The number of aromatic nitrogens is 1. The number of carbonyl (C=O) groups excluding carboxylic acids is 2. The minimum Gasteiger partial charge on any atom is -0.503 e. The van der Waals surface area contributed by atoms with E-state index >= 15 is 0 Å². The van der Waals surface area contributed by atoms with Crippen molar-refractivity contribution in [3.63, 3.8) is 0 Å². The molecule has 208 valence electrons. The van der Waals surface area contributed by atoms with Crippen LogP contribution in [0.15, 0.2) is 69.8 Å². The maximum atomic E-state index is 13.9. The third kappa shape index (κ3) is 5.02. The number of ether oxygens (including phenoxy) is 3. The Labute approximate surface area is 235 Å². The molecule has 0 spiro atoms. The molecule has 0 saturated heterocycles. The molecule has 0 radical (unpaired) electrons. The van der Waals surface area contributed by atoms with Crippen LogP contribution in [-0.2, 0) is 4.79 Å². The van der Waals surface area contributed by atoms with Crippen LogP contribution in [0.25, 0.3) is 11.0 Å². The van der Waals surface area contributed by atoms with Gasteiger partial charge in [0.05, 0.1) is 31.9 Å². The number of methoxy groups -OCH3 is 1. The van der Waals surface area contributed by atoms with Crippen LogP contribution < -0.4 is 19.1 Å². The number of aliphatic hydroxyl groups is 1. The molecule has 2 aromatic carbocycles. The Kier molecular flexibility index (Phi) is 7.79. The Morgan fingerprint density at radius 3 is 2.67 bits per heavy atom. The molecular formula is C30H30N2O7S. The molecule has 9 nitrogen and oxygen atoms in total. The lowest BCUT2D eigenvalue weighted by atomic mass is 9.95. The van der Waals surface area contributed by atoms with E-state index in [0.717, 1.165) is 6.42 Å². The molecule has 1 N–H and O–H groups in total. The van der Waals surface area contributed by atoms with E-state index < -0.39 is 23.5 Å². The molecule has 1 atom stereocenters. The van der Waals surface area contributed by atoms with E-state index in [1.165, 1.54) is 23.3 Å². The summed E-state index contributed by atoms with van der Waals surface area (Å²) < 4.78 is 23.1. The standard InChI is InChI=1S/C30H30N2O7S/c1-5-37-22-15-18(9-10-20(22)38-13-11-17(2)3)25-24(27(34)29(35)32(25)30-31-12-14-40-30)26(33)23-16-19-7-6-8-21(36-4)28(19)39-23/h6-10,12,14-17,25,34H,5,11,13H2,1-4H3. The number of hydrogen-bond donors (Lipinski definition) is 1. The fourth-order valence-electron chi connectivity index (χ4n) is 4.61. The number of thiazole rings is 1. The number of para-hydroxylation sites is 1. The highest BCUT2D eigenvalue weighted by atomic mass is 32.1. The fourth-order valence-corrected chi connectivity index (χ4v) is 5.28. The number of Topliss-reactive ketones (excluding diaryl/α,β-unsaturated/α-hetero) is 1. The smallest absolute Gasteiger partial charge is 0.296 e. The van der Waals surface area contributed by atoms with E-state index in [1.807, 2.05) is 6.92 Å². The van der Waals surface area contributed by atoms with Crippen LogP contribution in [0.4, 0.5) is 5.13 Å². The third-order valence-electron chi connectivity index (χ3n) is 6.57. The zero-order valence-corrected chi connectivity index (χ0v) is 23.5. The number of amides is 1. The molecule has 3 heterocycles. The van der Waals surface area contributed by atoms with Crippen molar-refractivity contribution in [2.24, 2.45) is 5.92 Å². The molecule has 1 aliphatic heterocycles. The molecule has 2 aromatic heterocycles. The maximum Gasteiger partial charge on any atom is 0.296 e. The van der Waals surface area contributed by atoms with Crippen molar-refractivity contribution in [1.82, 2.24) is 4.98 Å². The van der Waals surface area contributed by atoms with Gasteiger partial charge in [-0.15, -0.1) is 11.3 Å². The van der Waals surface area contributed by atoms with Gasteiger partial charge in [-0.3, -0.25) is 14.5 Å². The van der Waals surface area contributed by atoms with Crippen molar-refractivity contribution in [2.45, 2.75) is 33.2 Å². The molecular weight excluding hydrogens is 532 g/mol. The normalized spacial score (nSPS) is 15.4. The van der Waals surface area contributed by atoms with Crippen LogP contribution in [-0.4, -0.2) is 42.1 Å². The zero-order chi connectivity index (χ0) is 28.4. The molecule has 40 heavy (non-hydrogen) atoms. The van der Waals surface area contributed by atoms with E-state index in [9.17, 15) is 14.7 Å². The van der Waals surface area contributed by atoms with E-state index in [2.05, 4.69) is 18.8 Å². The average Bonchev–Trinajstić information content (AvgIpc) is 3.68. The lowest BCUT2D eigenvalue weighted by Gasteiger charge is -2.25. The highest BCUT2D eigenvalue weighted by Crippen LogP contribution is 2.45. The summed E-state index contributed by atoms with van der Waals surface area (Å²) in [5, 5.41) is 13.8. The van der Waals surface area contributed by atoms with Crippen molar-refractivity contribution in [1.29, 1.82) is 0 Å². The molecule has 1 unspecified atom stereocenters. The van der Waals surface area contributed by atoms with Crippen molar-refractivity contribution in [3.8, 4) is 17.2 Å². The monoisotopic (exact) mass is 562 g/mol. The quantitative estimate of drug-likeness (QED) is 0.206. The molecule has 1 aliphatic rings. The molecule has 0 saturated carbocycles. The largest absolute Gasteiger partial charge is 0.503 e. The van der Waals surface area contributed by atoms with Gasteiger partial charge in [-0.2, -0.15) is 0 Å². The van der Waals surface area contributed by atoms with Crippen LogP contribution in [0.2, 0.25) is 0 Å². The van der Waals surface area contributed by atoms with Crippen LogP contribution in [0.3, 0.4) is 0 Å². The summed E-state index contributed by atoms with van der Waals surface area (Å²) >= 11 is 1.22. The number of nitrogens with zero attached hydrogens (tertiary/aromatic N) is 2. The van der Waals surface area contributed by atoms with Crippen molar-refractivity contribution in [2.75, 3.05) is 25.2 Å². The number of anilines is 1. The first kappa shape index (κ1) is 27.3. The van der Waals surface area contributed by atoms with Gasteiger partial charge in [0.15, 0.2) is 39.5 Å². The van der Waals surface area contributed by atoms with Crippen LogP contribution in [0, 0.1) is 5.92 Å². The predicted molar refractivity (Wildman–Crippen MR) is 152 cm³/mol. The Balaban J connectivity index is 1.60. The van der Waals surface area contributed by atoms with Gasteiger partial charge < -0.3 is 23.7 Å². The lowest BCUT2D eigenvalue weighted by Crippen LogP contribution is -2.31. The van der Waals surface area contributed by atoms with Gasteiger partial charge in [0.2, 0.25) is 5.78 Å². The summed E-state index contributed by atoms with van der Waals surface area (Å²) in [5.41, 5.74) is 0.825. The van der Waals surface area contributed by atoms with Gasteiger partial charge in [-0.05, 0) is 49.1 Å². The van der Waals surface area contributed by atoms with E-state index in [-0.39, 0.29) is 11.3 Å². The topological polar surface area (TPSA) is 111 Å². The number of hydrogen-bond acceptors (Lipinski definition) is 9. The molecule has 0 fully saturated rings. The number of benzene rings is 2. The van der Waals surface area contributed by atoms with Gasteiger partial charge in [0.25, 0.3) is 5.91 Å². The Morgan fingerprint density at radius 1 is 1.15 bits per heavy atom. The van der Waals surface area contributed by atoms with Crippen molar-refractivity contribution in [3.05, 3.63) is 76.7 Å². The first-order valence-electron chi connectivity index (χ1n) is 13.0. The Bertz CT molecular complexity index is 1570. The fraction of sp³-hybridized carbons (Fsp3) is 0.300. The summed E-state index contributed by atoms with van der Waals surface area (Å²) in [6, 6.07) is 11.2. The predicted octanol–water partition coefficient (Wildman–Crippen LogP) is 6.50. The number of ketones is 1. The molecule has 1 amide bonds. The van der Waals surface area contributed by atoms with Crippen LogP contribution in [0.1, 0.15) is 49.4 Å². The summed E-state index contributed by atoms with van der Waals surface area (Å²) in [5.74, 6) is -0.0653. The summed E-state index contributed by atoms with van der Waals surface area (Å²) in [6.07, 6.45) is 2.43. The van der Waals surface area contributed by atoms with Gasteiger partial charge in [0.1, 0.15) is 0 Å². The van der Waals surface area contributed by atoms with E-state index in [1.54, 1.807) is 54.0 Å². The second-order valence-corrected chi connectivity index (χ2v) is 10.5. The minimum absolute atomic E-state index is 0.0292. The molecule has 0 aliphatic carbocycles.